The van der Waals surface area contributed by atoms with Crippen molar-refractivity contribution < 1.29 is 0 Å². The Labute approximate surface area is 117 Å². The highest BCUT2D eigenvalue weighted by Gasteiger charge is 2.27. The minimum Gasteiger partial charge on any atom is -0.271 e. The predicted molar refractivity (Wildman–Crippen MR) is 81.6 cm³/mol. The SMILES string of the molecule is CCCc1cccc(C(NN)C2CCCC(C)C2)c1. The van der Waals surface area contributed by atoms with Gasteiger partial charge in [0.25, 0.3) is 0 Å². The highest BCUT2D eigenvalue weighted by atomic mass is 15.2. The monoisotopic (exact) mass is 260 g/mol. The summed E-state index contributed by atoms with van der Waals surface area (Å²) in [6, 6.07) is 9.29. The van der Waals surface area contributed by atoms with E-state index in [-0.39, 0.29) is 0 Å². The van der Waals surface area contributed by atoms with Crippen LogP contribution in [0.25, 0.3) is 0 Å². The molecule has 3 atom stereocenters. The molecule has 19 heavy (non-hydrogen) atoms. The van der Waals surface area contributed by atoms with Gasteiger partial charge in [0, 0.05) is 6.04 Å². The van der Waals surface area contributed by atoms with Crippen LogP contribution in [-0.2, 0) is 6.42 Å². The summed E-state index contributed by atoms with van der Waals surface area (Å²) in [4.78, 5) is 0. The maximum atomic E-state index is 5.86. The average molecular weight is 260 g/mol. The van der Waals surface area contributed by atoms with Gasteiger partial charge >= 0.3 is 0 Å². The van der Waals surface area contributed by atoms with Crippen LogP contribution in [0.3, 0.4) is 0 Å². The summed E-state index contributed by atoms with van der Waals surface area (Å²) in [7, 11) is 0. The second-order valence-corrected chi connectivity index (χ2v) is 6.17. The van der Waals surface area contributed by atoms with Crippen LogP contribution in [-0.4, -0.2) is 0 Å². The largest absolute Gasteiger partial charge is 0.271 e. The topological polar surface area (TPSA) is 38.0 Å². The molecule has 0 aliphatic heterocycles. The van der Waals surface area contributed by atoms with Crippen LogP contribution in [0.2, 0.25) is 0 Å². The molecular weight excluding hydrogens is 232 g/mol. The lowest BCUT2D eigenvalue weighted by Crippen LogP contribution is -2.35. The number of nitrogens with one attached hydrogen (secondary N) is 1. The number of hydrogen-bond donors (Lipinski definition) is 2. The van der Waals surface area contributed by atoms with Gasteiger partial charge in [0.2, 0.25) is 0 Å². The maximum Gasteiger partial charge on any atom is 0.0488 e. The zero-order valence-electron chi connectivity index (χ0n) is 12.4. The van der Waals surface area contributed by atoms with E-state index in [0.717, 1.165) is 12.3 Å². The molecule has 1 aliphatic carbocycles. The first-order chi connectivity index (χ1) is 9.24. The van der Waals surface area contributed by atoms with Gasteiger partial charge in [0.1, 0.15) is 0 Å². The minimum atomic E-state index is 0.319. The molecule has 2 nitrogen and oxygen atoms in total. The van der Waals surface area contributed by atoms with Gasteiger partial charge in [-0.15, -0.1) is 0 Å². The summed E-state index contributed by atoms with van der Waals surface area (Å²) in [6.07, 6.45) is 7.68. The van der Waals surface area contributed by atoms with Crippen LogP contribution in [0.1, 0.15) is 63.1 Å². The van der Waals surface area contributed by atoms with Gasteiger partial charge in [-0.2, -0.15) is 0 Å². The molecule has 0 aromatic heterocycles. The van der Waals surface area contributed by atoms with Gasteiger partial charge in [-0.05, 0) is 42.2 Å². The van der Waals surface area contributed by atoms with Crippen molar-refractivity contribution in [2.75, 3.05) is 0 Å². The normalized spacial score (nSPS) is 25.2. The molecule has 0 spiro atoms. The standard InChI is InChI=1S/C17H28N2/c1-3-6-14-8-5-10-16(12-14)17(19-18)15-9-4-7-13(2)11-15/h5,8,10,12-13,15,17,19H,3-4,6-7,9,11,18H2,1-2H3. The third-order valence-corrected chi connectivity index (χ3v) is 4.48. The Morgan fingerprint density at radius 3 is 2.89 bits per heavy atom. The van der Waals surface area contributed by atoms with Crippen LogP contribution in [0.5, 0.6) is 0 Å². The number of rotatable bonds is 5. The first-order valence-corrected chi connectivity index (χ1v) is 7.79. The Morgan fingerprint density at radius 2 is 2.21 bits per heavy atom. The number of nitrogens with two attached hydrogens (primary N) is 1. The Hall–Kier alpha value is -0.860. The molecule has 1 aromatic rings. The zero-order chi connectivity index (χ0) is 13.7. The smallest absolute Gasteiger partial charge is 0.0488 e. The molecule has 1 fully saturated rings. The molecule has 0 saturated heterocycles. The van der Waals surface area contributed by atoms with E-state index in [9.17, 15) is 0 Å². The number of hydrazine groups is 1. The second-order valence-electron chi connectivity index (χ2n) is 6.17. The van der Waals surface area contributed by atoms with Crippen molar-refractivity contribution in [3.8, 4) is 0 Å². The van der Waals surface area contributed by atoms with Crippen LogP contribution in [0, 0.1) is 11.8 Å². The lowest BCUT2D eigenvalue weighted by atomic mass is 9.76. The van der Waals surface area contributed by atoms with E-state index >= 15 is 0 Å². The molecule has 3 N–H and O–H groups in total. The zero-order valence-corrected chi connectivity index (χ0v) is 12.4. The van der Waals surface area contributed by atoms with Gasteiger partial charge in [-0.3, -0.25) is 11.3 Å². The molecule has 2 heteroatoms. The van der Waals surface area contributed by atoms with Crippen molar-refractivity contribution in [2.45, 2.75) is 58.4 Å². The fourth-order valence-corrected chi connectivity index (χ4v) is 3.52. The van der Waals surface area contributed by atoms with Crippen LogP contribution in [0.15, 0.2) is 24.3 Å². The van der Waals surface area contributed by atoms with Crippen molar-refractivity contribution >= 4 is 0 Å². The fraction of sp³-hybridized carbons (Fsp3) is 0.647. The van der Waals surface area contributed by atoms with Gasteiger partial charge in [0.15, 0.2) is 0 Å². The van der Waals surface area contributed by atoms with Gasteiger partial charge in [-0.1, -0.05) is 57.4 Å². The molecule has 3 unspecified atom stereocenters. The van der Waals surface area contributed by atoms with E-state index in [1.165, 1.54) is 43.2 Å². The fourth-order valence-electron chi connectivity index (χ4n) is 3.52. The molecule has 1 aliphatic rings. The Kier molecular flexibility index (Phi) is 5.41. The van der Waals surface area contributed by atoms with Gasteiger partial charge in [-0.25, -0.2) is 0 Å². The highest BCUT2D eigenvalue weighted by molar-refractivity contribution is 5.26. The second kappa shape index (κ2) is 7.06. The van der Waals surface area contributed by atoms with Crippen molar-refractivity contribution in [2.24, 2.45) is 17.7 Å². The molecule has 2 rings (SSSR count). The van der Waals surface area contributed by atoms with E-state index in [2.05, 4.69) is 43.5 Å². The highest BCUT2D eigenvalue weighted by Crippen LogP contribution is 2.36. The van der Waals surface area contributed by atoms with Crippen molar-refractivity contribution in [1.29, 1.82) is 0 Å². The van der Waals surface area contributed by atoms with Crippen molar-refractivity contribution in [1.82, 2.24) is 5.43 Å². The Balaban J connectivity index is 2.13. The molecule has 106 valence electrons. The summed E-state index contributed by atoms with van der Waals surface area (Å²) in [6.45, 7) is 4.60. The van der Waals surface area contributed by atoms with Crippen LogP contribution < -0.4 is 11.3 Å². The summed E-state index contributed by atoms with van der Waals surface area (Å²) in [5, 5.41) is 0. The van der Waals surface area contributed by atoms with E-state index in [0.29, 0.717) is 12.0 Å². The summed E-state index contributed by atoms with van der Waals surface area (Å²) >= 11 is 0. The summed E-state index contributed by atoms with van der Waals surface area (Å²) in [5.41, 5.74) is 5.88. The van der Waals surface area contributed by atoms with Crippen LogP contribution in [0.4, 0.5) is 0 Å². The van der Waals surface area contributed by atoms with Crippen LogP contribution >= 0.6 is 0 Å². The number of hydrogen-bond acceptors (Lipinski definition) is 2. The molecule has 0 heterocycles. The lowest BCUT2D eigenvalue weighted by molar-refractivity contribution is 0.224. The van der Waals surface area contributed by atoms with Crippen molar-refractivity contribution in [3.63, 3.8) is 0 Å². The first-order valence-electron chi connectivity index (χ1n) is 7.79. The molecule has 0 amide bonds. The van der Waals surface area contributed by atoms with E-state index in [4.69, 9.17) is 5.84 Å². The van der Waals surface area contributed by atoms with Gasteiger partial charge in [0.05, 0.1) is 0 Å². The molecule has 0 bridgehead atoms. The molecule has 0 radical (unpaired) electrons. The van der Waals surface area contributed by atoms with E-state index < -0.39 is 0 Å². The van der Waals surface area contributed by atoms with E-state index in [1.807, 2.05) is 0 Å². The molecule has 1 aromatic carbocycles. The third kappa shape index (κ3) is 3.80. The Morgan fingerprint density at radius 1 is 1.37 bits per heavy atom. The summed E-state index contributed by atoms with van der Waals surface area (Å²) < 4.78 is 0. The maximum absolute atomic E-state index is 5.86. The quantitative estimate of drug-likeness (QED) is 0.621. The first kappa shape index (κ1) is 14.5. The lowest BCUT2D eigenvalue weighted by Gasteiger charge is -2.33. The third-order valence-electron chi connectivity index (χ3n) is 4.48. The molecular formula is C17H28N2. The molecule has 1 saturated carbocycles. The van der Waals surface area contributed by atoms with Gasteiger partial charge < -0.3 is 0 Å². The van der Waals surface area contributed by atoms with Crippen molar-refractivity contribution in [3.05, 3.63) is 35.4 Å². The Bertz CT molecular complexity index is 389. The summed E-state index contributed by atoms with van der Waals surface area (Å²) in [5.74, 6) is 7.38. The predicted octanol–water partition coefficient (Wildman–Crippen LogP) is 3.97. The average Bonchev–Trinajstić information content (AvgIpc) is 2.41. The number of aryl methyl sites for hydroxylation is 1. The van der Waals surface area contributed by atoms with E-state index in [1.54, 1.807) is 0 Å². The minimum absolute atomic E-state index is 0.319. The number of benzene rings is 1.